The molecule has 2 N–H and O–H groups in total. The number of nitrogens with zero attached hydrogens (tertiary/aromatic N) is 6. The number of pyridine rings is 2. The first-order valence-electron chi connectivity index (χ1n) is 16.9. The number of benzene rings is 1. The maximum absolute atomic E-state index is 13.4. The van der Waals surface area contributed by atoms with Gasteiger partial charge in [-0.05, 0) is 98.9 Å². The molecule has 0 spiro atoms. The van der Waals surface area contributed by atoms with Crippen molar-refractivity contribution in [2.75, 3.05) is 17.7 Å². The van der Waals surface area contributed by atoms with Crippen LogP contribution in [0.5, 0.6) is 0 Å². The molecule has 4 aliphatic rings. The van der Waals surface area contributed by atoms with E-state index in [0.717, 1.165) is 51.3 Å². The SMILES string of the molecule is COC(=O)c1c(-c2cnn(CC34CC5CC(CC(C5)C3)C4)c2C)ccn2c(Nc3cccnc3C(=O)Nc3nc4ccccc4s3)cnc12. The van der Waals surface area contributed by atoms with Crippen molar-refractivity contribution < 1.29 is 14.3 Å². The molecule has 6 aromatic rings. The predicted octanol–water partition coefficient (Wildman–Crippen LogP) is 7.51. The zero-order valence-electron chi connectivity index (χ0n) is 27.3. The maximum atomic E-state index is 13.4. The largest absolute Gasteiger partial charge is 0.465 e. The molecule has 12 heteroatoms. The lowest BCUT2D eigenvalue weighted by Gasteiger charge is -2.56. The standard InChI is InChI=1S/C37H36N8O3S/c1-21-26(18-40-45(21)20-37-15-22-12-23(16-37)14-24(13-22)17-37)25-9-11-44-30(19-39-33(44)31(25)35(47)48-2)41-28-7-5-10-38-32(28)34(46)43-36-42-27-6-3-4-8-29(27)49-36/h3-11,18-19,22-24,41H,12-17,20H2,1-2H3,(H,42,43,46). The molecule has 1 aromatic carbocycles. The number of para-hydroxylation sites is 1. The second-order valence-corrected chi connectivity index (χ2v) is 15.1. The molecule has 4 aliphatic carbocycles. The van der Waals surface area contributed by atoms with Crippen LogP contribution in [0.1, 0.15) is 65.1 Å². The van der Waals surface area contributed by atoms with Crippen molar-refractivity contribution in [3.63, 3.8) is 0 Å². The van der Waals surface area contributed by atoms with E-state index in [1.165, 1.54) is 57.0 Å². The topological polar surface area (TPSA) is 128 Å². The molecule has 10 rings (SSSR count). The summed E-state index contributed by atoms with van der Waals surface area (Å²) in [6.45, 7) is 3.02. The van der Waals surface area contributed by atoms with E-state index in [1.807, 2.05) is 42.7 Å². The van der Waals surface area contributed by atoms with Crippen molar-refractivity contribution in [2.24, 2.45) is 23.2 Å². The molecule has 4 bridgehead atoms. The number of aromatic nitrogens is 6. The lowest BCUT2D eigenvalue weighted by Crippen LogP contribution is -2.48. The summed E-state index contributed by atoms with van der Waals surface area (Å²) in [6.07, 6.45) is 15.1. The number of methoxy groups -OCH3 is 1. The van der Waals surface area contributed by atoms with Gasteiger partial charge >= 0.3 is 5.97 Å². The zero-order chi connectivity index (χ0) is 33.3. The molecule has 5 aromatic heterocycles. The molecule has 4 saturated carbocycles. The molecule has 0 aliphatic heterocycles. The molecule has 248 valence electrons. The average molecular weight is 673 g/mol. The van der Waals surface area contributed by atoms with Crippen LogP contribution in [0.3, 0.4) is 0 Å². The summed E-state index contributed by atoms with van der Waals surface area (Å²) in [7, 11) is 1.38. The van der Waals surface area contributed by atoms with Gasteiger partial charge in [-0.2, -0.15) is 5.10 Å². The van der Waals surface area contributed by atoms with Crippen molar-refractivity contribution in [1.29, 1.82) is 0 Å². The highest BCUT2D eigenvalue weighted by Crippen LogP contribution is 2.60. The summed E-state index contributed by atoms with van der Waals surface area (Å²) >= 11 is 1.40. The fraction of sp³-hybridized carbons (Fsp3) is 0.351. The minimum atomic E-state index is -0.483. The van der Waals surface area contributed by atoms with Crippen molar-refractivity contribution in [3.05, 3.63) is 84.2 Å². The van der Waals surface area contributed by atoms with Crippen LogP contribution < -0.4 is 10.6 Å². The van der Waals surface area contributed by atoms with E-state index in [1.54, 1.807) is 28.9 Å². The first-order chi connectivity index (χ1) is 23.9. The molecule has 0 saturated heterocycles. The number of thiazole rings is 1. The second-order valence-electron chi connectivity index (χ2n) is 14.1. The highest BCUT2D eigenvalue weighted by atomic mass is 32.1. The van der Waals surface area contributed by atoms with Gasteiger partial charge in [0.25, 0.3) is 5.91 Å². The van der Waals surface area contributed by atoms with Gasteiger partial charge in [-0.1, -0.05) is 23.5 Å². The Kier molecular flexibility index (Phi) is 7.04. The Bertz CT molecular complexity index is 2200. The summed E-state index contributed by atoms with van der Waals surface area (Å²) < 4.78 is 10.2. The molecule has 1 amide bonds. The highest BCUT2D eigenvalue weighted by molar-refractivity contribution is 7.22. The van der Waals surface area contributed by atoms with Gasteiger partial charge < -0.3 is 10.1 Å². The van der Waals surface area contributed by atoms with E-state index in [0.29, 0.717) is 33.3 Å². The number of amides is 1. The Labute approximate surface area is 286 Å². The van der Waals surface area contributed by atoms with Crippen LogP contribution in [0.4, 0.5) is 16.6 Å². The Balaban J connectivity index is 1.02. The number of hydrogen-bond donors (Lipinski definition) is 2. The quantitative estimate of drug-likeness (QED) is 0.159. The number of nitrogens with one attached hydrogen (secondary N) is 2. The van der Waals surface area contributed by atoms with Crippen LogP contribution in [-0.2, 0) is 11.3 Å². The summed E-state index contributed by atoms with van der Waals surface area (Å²) in [5, 5.41) is 11.6. The fourth-order valence-electron chi connectivity index (χ4n) is 9.25. The highest BCUT2D eigenvalue weighted by Gasteiger charge is 2.51. The predicted molar refractivity (Wildman–Crippen MR) is 188 cm³/mol. The van der Waals surface area contributed by atoms with Crippen molar-refractivity contribution in [2.45, 2.75) is 52.0 Å². The average Bonchev–Trinajstić information content (AvgIpc) is 3.80. The van der Waals surface area contributed by atoms with E-state index in [-0.39, 0.29) is 5.69 Å². The summed E-state index contributed by atoms with van der Waals surface area (Å²) in [5.41, 5.74) is 5.28. The van der Waals surface area contributed by atoms with Crippen LogP contribution >= 0.6 is 11.3 Å². The molecular formula is C37H36N8O3S. The number of carbonyl (C=O) groups is 2. The van der Waals surface area contributed by atoms with Gasteiger partial charge in [0, 0.05) is 35.8 Å². The number of hydrogen-bond acceptors (Lipinski definition) is 9. The third-order valence-corrected chi connectivity index (χ3v) is 11.9. The van der Waals surface area contributed by atoms with Gasteiger partial charge in [-0.15, -0.1) is 0 Å². The smallest absolute Gasteiger partial charge is 0.342 e. The van der Waals surface area contributed by atoms with Gasteiger partial charge in [-0.3, -0.25) is 19.2 Å². The van der Waals surface area contributed by atoms with Crippen molar-refractivity contribution in [3.8, 4) is 11.1 Å². The number of imidazole rings is 1. The Hall–Kier alpha value is -5.10. The van der Waals surface area contributed by atoms with Crippen LogP contribution in [0.15, 0.2) is 67.3 Å². The van der Waals surface area contributed by atoms with Gasteiger partial charge in [0.2, 0.25) is 0 Å². The van der Waals surface area contributed by atoms with Crippen LogP contribution in [0.2, 0.25) is 0 Å². The third-order valence-electron chi connectivity index (χ3n) is 10.9. The Morgan fingerprint density at radius 1 is 0.980 bits per heavy atom. The second kappa shape index (κ2) is 11.5. The lowest BCUT2D eigenvalue weighted by molar-refractivity contribution is -0.0638. The molecule has 49 heavy (non-hydrogen) atoms. The van der Waals surface area contributed by atoms with Crippen molar-refractivity contribution >= 4 is 55.7 Å². The Morgan fingerprint density at radius 2 is 1.76 bits per heavy atom. The number of esters is 1. The molecule has 0 radical (unpaired) electrons. The first-order valence-corrected chi connectivity index (χ1v) is 17.7. The molecule has 4 fully saturated rings. The summed E-state index contributed by atoms with van der Waals surface area (Å²) in [4.78, 5) is 40.3. The lowest BCUT2D eigenvalue weighted by atomic mass is 9.49. The summed E-state index contributed by atoms with van der Waals surface area (Å²) in [5.74, 6) is 2.29. The molecule has 0 unspecified atom stereocenters. The van der Waals surface area contributed by atoms with Gasteiger partial charge in [-0.25, -0.2) is 19.7 Å². The van der Waals surface area contributed by atoms with Crippen LogP contribution in [0.25, 0.3) is 27.0 Å². The van der Waals surface area contributed by atoms with Crippen LogP contribution in [0, 0.1) is 30.1 Å². The normalized spacial score (nSPS) is 22.5. The van der Waals surface area contributed by atoms with E-state index >= 15 is 0 Å². The zero-order valence-corrected chi connectivity index (χ0v) is 28.2. The van der Waals surface area contributed by atoms with E-state index in [9.17, 15) is 9.59 Å². The minimum absolute atomic E-state index is 0.198. The van der Waals surface area contributed by atoms with E-state index in [4.69, 9.17) is 9.84 Å². The van der Waals surface area contributed by atoms with Gasteiger partial charge in [0.15, 0.2) is 16.5 Å². The minimum Gasteiger partial charge on any atom is -0.465 e. The third kappa shape index (κ3) is 5.16. The first kappa shape index (κ1) is 30.0. The fourth-order valence-corrected chi connectivity index (χ4v) is 10.1. The number of anilines is 3. The van der Waals surface area contributed by atoms with Gasteiger partial charge in [0.05, 0.1) is 35.4 Å². The van der Waals surface area contributed by atoms with E-state index < -0.39 is 11.9 Å². The van der Waals surface area contributed by atoms with Gasteiger partial charge in [0.1, 0.15) is 11.4 Å². The number of rotatable bonds is 8. The number of carbonyl (C=O) groups excluding carboxylic acids is 2. The molecule has 0 atom stereocenters. The maximum Gasteiger partial charge on any atom is 0.342 e. The monoisotopic (exact) mass is 672 g/mol. The molecule has 11 nitrogen and oxygen atoms in total. The van der Waals surface area contributed by atoms with E-state index in [2.05, 4.69) is 37.2 Å². The number of ether oxygens (including phenoxy) is 1. The number of fused-ring (bicyclic) bond motifs is 2. The molecular weight excluding hydrogens is 637 g/mol. The Morgan fingerprint density at radius 3 is 2.51 bits per heavy atom. The van der Waals surface area contributed by atoms with Crippen molar-refractivity contribution in [1.82, 2.24) is 29.1 Å². The summed E-state index contributed by atoms with van der Waals surface area (Å²) in [6, 6.07) is 13.2. The van der Waals surface area contributed by atoms with Crippen LogP contribution in [-0.4, -0.2) is 48.1 Å². The molecule has 5 heterocycles.